The lowest BCUT2D eigenvalue weighted by atomic mass is 10.0. The maximum absolute atomic E-state index is 12.1. The molecular weight excluding hydrogens is 316 g/mol. The number of amides is 1. The van der Waals surface area contributed by atoms with Crippen molar-refractivity contribution in [3.05, 3.63) is 47.7 Å². The highest BCUT2D eigenvalue weighted by Crippen LogP contribution is 2.33. The SMILES string of the molecule is CC(C)[C@H]1COC(=O)N1c1ccnc(N[C@H]2CCc3ccccc32)n1. The number of hydrogen-bond acceptors (Lipinski definition) is 5. The largest absolute Gasteiger partial charge is 0.447 e. The molecule has 0 radical (unpaired) electrons. The molecule has 1 aromatic carbocycles. The van der Waals surface area contributed by atoms with E-state index in [4.69, 9.17) is 4.74 Å². The summed E-state index contributed by atoms with van der Waals surface area (Å²) in [5, 5.41) is 3.42. The van der Waals surface area contributed by atoms with Gasteiger partial charge in [0.2, 0.25) is 5.95 Å². The zero-order valence-corrected chi connectivity index (χ0v) is 14.5. The number of ether oxygens (including phenoxy) is 1. The third-order valence-corrected chi connectivity index (χ3v) is 5.00. The van der Waals surface area contributed by atoms with Crippen LogP contribution in [0.15, 0.2) is 36.5 Å². The lowest BCUT2D eigenvalue weighted by molar-refractivity contribution is 0.177. The van der Waals surface area contributed by atoms with E-state index in [0.29, 0.717) is 24.3 Å². The quantitative estimate of drug-likeness (QED) is 0.923. The number of nitrogens with one attached hydrogen (secondary N) is 1. The molecule has 2 aromatic rings. The van der Waals surface area contributed by atoms with Crippen LogP contribution in [0.3, 0.4) is 0 Å². The number of aryl methyl sites for hydroxylation is 1. The molecular formula is C19H22N4O2. The van der Waals surface area contributed by atoms with Crippen molar-refractivity contribution in [2.75, 3.05) is 16.8 Å². The summed E-state index contributed by atoms with van der Waals surface area (Å²) in [5.41, 5.74) is 2.68. The fourth-order valence-electron chi connectivity index (χ4n) is 3.61. The third-order valence-electron chi connectivity index (χ3n) is 5.00. The van der Waals surface area contributed by atoms with Crippen molar-refractivity contribution in [3.63, 3.8) is 0 Å². The van der Waals surface area contributed by atoms with Crippen molar-refractivity contribution in [2.24, 2.45) is 5.92 Å². The van der Waals surface area contributed by atoms with Gasteiger partial charge in [-0.15, -0.1) is 0 Å². The van der Waals surface area contributed by atoms with Crippen LogP contribution in [0.4, 0.5) is 16.6 Å². The van der Waals surface area contributed by atoms with Crippen LogP contribution in [0.5, 0.6) is 0 Å². The summed E-state index contributed by atoms with van der Waals surface area (Å²) in [7, 11) is 0. The van der Waals surface area contributed by atoms with Gasteiger partial charge in [-0.25, -0.2) is 9.78 Å². The normalized spacial score (nSPS) is 22.2. The van der Waals surface area contributed by atoms with Crippen molar-refractivity contribution >= 4 is 17.9 Å². The Morgan fingerprint density at radius 2 is 2.12 bits per heavy atom. The molecule has 6 nitrogen and oxygen atoms in total. The van der Waals surface area contributed by atoms with Crippen molar-refractivity contribution in [1.29, 1.82) is 0 Å². The van der Waals surface area contributed by atoms with Gasteiger partial charge in [-0.3, -0.25) is 4.90 Å². The fraction of sp³-hybridized carbons (Fsp3) is 0.421. The minimum Gasteiger partial charge on any atom is -0.447 e. The van der Waals surface area contributed by atoms with E-state index in [-0.39, 0.29) is 18.2 Å². The van der Waals surface area contributed by atoms with E-state index in [1.165, 1.54) is 11.1 Å². The summed E-state index contributed by atoms with van der Waals surface area (Å²) in [6.07, 6.45) is 3.43. The Balaban J connectivity index is 1.57. The lowest BCUT2D eigenvalue weighted by Crippen LogP contribution is -2.37. The molecule has 0 spiro atoms. The molecule has 2 heterocycles. The maximum atomic E-state index is 12.1. The van der Waals surface area contributed by atoms with Gasteiger partial charge in [-0.2, -0.15) is 4.98 Å². The van der Waals surface area contributed by atoms with E-state index in [1.54, 1.807) is 17.2 Å². The molecule has 1 aliphatic heterocycles. The number of nitrogens with zero attached hydrogens (tertiary/aromatic N) is 3. The molecule has 1 aromatic heterocycles. The number of benzene rings is 1. The summed E-state index contributed by atoms with van der Waals surface area (Å²) < 4.78 is 5.22. The van der Waals surface area contributed by atoms with E-state index in [0.717, 1.165) is 12.8 Å². The second-order valence-electron chi connectivity index (χ2n) is 6.93. The molecule has 0 saturated carbocycles. The number of aromatic nitrogens is 2. The molecule has 1 aliphatic carbocycles. The van der Waals surface area contributed by atoms with Gasteiger partial charge in [-0.05, 0) is 36.0 Å². The first-order valence-electron chi connectivity index (χ1n) is 8.77. The number of cyclic esters (lactones) is 1. The molecule has 4 rings (SSSR count). The third kappa shape index (κ3) is 2.92. The number of hydrogen-bond donors (Lipinski definition) is 1. The van der Waals surface area contributed by atoms with Gasteiger partial charge in [-0.1, -0.05) is 38.1 Å². The Hall–Kier alpha value is -2.63. The maximum Gasteiger partial charge on any atom is 0.415 e. The summed E-state index contributed by atoms with van der Waals surface area (Å²) in [5.74, 6) is 1.42. The van der Waals surface area contributed by atoms with Crippen LogP contribution in [0.1, 0.15) is 37.4 Å². The molecule has 1 amide bonds. The number of carbonyl (C=O) groups is 1. The van der Waals surface area contributed by atoms with Crippen LogP contribution in [0.25, 0.3) is 0 Å². The van der Waals surface area contributed by atoms with Crippen LogP contribution in [-0.4, -0.2) is 28.7 Å². The first-order chi connectivity index (χ1) is 12.1. The summed E-state index contributed by atoms with van der Waals surface area (Å²) >= 11 is 0. The monoisotopic (exact) mass is 338 g/mol. The van der Waals surface area contributed by atoms with Gasteiger partial charge >= 0.3 is 6.09 Å². The molecule has 2 aliphatic rings. The second-order valence-corrected chi connectivity index (χ2v) is 6.93. The minimum absolute atomic E-state index is 0.00227. The van der Waals surface area contributed by atoms with Crippen LogP contribution in [0.2, 0.25) is 0 Å². The molecule has 1 saturated heterocycles. The van der Waals surface area contributed by atoms with Crippen molar-refractivity contribution in [2.45, 2.75) is 38.8 Å². The second kappa shape index (κ2) is 6.35. The number of rotatable bonds is 4. The Bertz CT molecular complexity index is 792. The van der Waals surface area contributed by atoms with Crippen LogP contribution in [0, 0.1) is 5.92 Å². The smallest absolute Gasteiger partial charge is 0.415 e. The molecule has 6 heteroatoms. The van der Waals surface area contributed by atoms with Crippen LogP contribution in [-0.2, 0) is 11.2 Å². The fourth-order valence-corrected chi connectivity index (χ4v) is 3.61. The molecule has 25 heavy (non-hydrogen) atoms. The van der Waals surface area contributed by atoms with Gasteiger partial charge in [0.1, 0.15) is 12.4 Å². The van der Waals surface area contributed by atoms with Gasteiger partial charge in [0.05, 0.1) is 12.1 Å². The Kier molecular flexibility index (Phi) is 4.03. The Morgan fingerprint density at radius 3 is 2.96 bits per heavy atom. The highest BCUT2D eigenvalue weighted by Gasteiger charge is 2.37. The van der Waals surface area contributed by atoms with Crippen molar-refractivity contribution in [1.82, 2.24) is 9.97 Å². The highest BCUT2D eigenvalue weighted by molar-refractivity contribution is 5.89. The van der Waals surface area contributed by atoms with E-state index in [9.17, 15) is 4.79 Å². The highest BCUT2D eigenvalue weighted by atomic mass is 16.6. The molecule has 130 valence electrons. The number of anilines is 2. The van der Waals surface area contributed by atoms with Crippen molar-refractivity contribution in [3.8, 4) is 0 Å². The zero-order chi connectivity index (χ0) is 17.4. The summed E-state index contributed by atoms with van der Waals surface area (Å²) in [6.45, 7) is 4.56. The topological polar surface area (TPSA) is 67.3 Å². The Morgan fingerprint density at radius 1 is 1.28 bits per heavy atom. The first-order valence-corrected chi connectivity index (χ1v) is 8.77. The van der Waals surface area contributed by atoms with E-state index >= 15 is 0 Å². The number of fused-ring (bicyclic) bond motifs is 1. The molecule has 1 fully saturated rings. The number of carbonyl (C=O) groups excluding carboxylic acids is 1. The van der Waals surface area contributed by atoms with Crippen LogP contribution < -0.4 is 10.2 Å². The van der Waals surface area contributed by atoms with Gasteiger partial charge in [0, 0.05) is 6.20 Å². The predicted octanol–water partition coefficient (Wildman–Crippen LogP) is 3.56. The van der Waals surface area contributed by atoms with Crippen molar-refractivity contribution < 1.29 is 9.53 Å². The van der Waals surface area contributed by atoms with Gasteiger partial charge < -0.3 is 10.1 Å². The van der Waals surface area contributed by atoms with Gasteiger partial charge in [0.25, 0.3) is 0 Å². The van der Waals surface area contributed by atoms with E-state index < -0.39 is 0 Å². The first kappa shape index (κ1) is 15.9. The Labute approximate surface area is 147 Å². The summed E-state index contributed by atoms with van der Waals surface area (Å²) in [4.78, 5) is 22.7. The lowest BCUT2D eigenvalue weighted by Gasteiger charge is -2.23. The molecule has 0 unspecified atom stereocenters. The van der Waals surface area contributed by atoms with Crippen LogP contribution >= 0.6 is 0 Å². The predicted molar refractivity (Wildman–Crippen MR) is 95.6 cm³/mol. The molecule has 1 N–H and O–H groups in total. The average Bonchev–Trinajstić information content (AvgIpc) is 3.19. The molecule has 0 bridgehead atoms. The van der Waals surface area contributed by atoms with Gasteiger partial charge in [0.15, 0.2) is 0 Å². The minimum atomic E-state index is -0.338. The standard InChI is InChI=1S/C19H22N4O2/c1-12(2)16-11-25-19(24)23(16)17-9-10-20-18(22-17)21-15-8-7-13-5-3-4-6-14(13)15/h3-6,9-10,12,15-16H,7-8,11H2,1-2H3,(H,20,21,22)/t15-,16+/m0/s1. The van der Waals surface area contributed by atoms with E-state index in [1.807, 2.05) is 0 Å². The average molecular weight is 338 g/mol. The molecule has 2 atom stereocenters. The summed E-state index contributed by atoms with van der Waals surface area (Å²) in [6, 6.07) is 10.4. The zero-order valence-electron chi connectivity index (χ0n) is 14.5. The van der Waals surface area contributed by atoms with E-state index in [2.05, 4.69) is 53.4 Å².